The molecule has 2 aromatic heterocycles. The van der Waals surface area contributed by atoms with Gasteiger partial charge in [-0.3, -0.25) is 18.9 Å². The molecule has 2 aliphatic rings. The highest BCUT2D eigenvalue weighted by Gasteiger charge is 2.29. The zero-order chi connectivity index (χ0) is 16.5. The monoisotopic (exact) mass is 326 g/mol. The fourth-order valence-corrected chi connectivity index (χ4v) is 3.90. The van der Waals surface area contributed by atoms with Crippen LogP contribution in [0.15, 0.2) is 35.4 Å². The van der Waals surface area contributed by atoms with Crippen molar-refractivity contribution in [3.63, 3.8) is 0 Å². The number of carbonyl (C=O) groups excluding carboxylic acids is 1. The van der Waals surface area contributed by atoms with Crippen LogP contribution < -0.4 is 5.56 Å². The van der Waals surface area contributed by atoms with Crippen LogP contribution in [-0.4, -0.2) is 57.3 Å². The van der Waals surface area contributed by atoms with Gasteiger partial charge in [0.15, 0.2) is 0 Å². The van der Waals surface area contributed by atoms with Gasteiger partial charge in [0.1, 0.15) is 11.2 Å². The van der Waals surface area contributed by atoms with E-state index in [0.29, 0.717) is 24.8 Å². The first-order valence-electron chi connectivity index (χ1n) is 8.74. The zero-order valence-electron chi connectivity index (χ0n) is 13.7. The molecule has 24 heavy (non-hydrogen) atoms. The van der Waals surface area contributed by atoms with Crippen LogP contribution in [0.4, 0.5) is 0 Å². The molecule has 1 saturated carbocycles. The fraction of sp³-hybridized carbons (Fsp3) is 0.500. The van der Waals surface area contributed by atoms with E-state index in [9.17, 15) is 9.59 Å². The molecule has 6 nitrogen and oxygen atoms in total. The molecule has 1 aliphatic carbocycles. The molecular weight excluding hydrogens is 304 g/mol. The molecule has 0 atom stereocenters. The molecule has 3 heterocycles. The summed E-state index contributed by atoms with van der Waals surface area (Å²) in [5, 5.41) is 0. The number of fused-ring (bicyclic) bond motifs is 1. The summed E-state index contributed by atoms with van der Waals surface area (Å²) in [6.45, 7) is 3.18. The molecule has 4 rings (SSSR count). The van der Waals surface area contributed by atoms with Crippen molar-refractivity contribution >= 4 is 11.6 Å². The maximum atomic E-state index is 12.7. The molecule has 0 N–H and O–H groups in total. The van der Waals surface area contributed by atoms with Gasteiger partial charge in [0.25, 0.3) is 11.5 Å². The van der Waals surface area contributed by atoms with E-state index in [4.69, 9.17) is 0 Å². The second-order valence-corrected chi connectivity index (χ2v) is 6.67. The lowest BCUT2D eigenvalue weighted by Gasteiger charge is -2.38. The molecule has 0 radical (unpaired) electrons. The van der Waals surface area contributed by atoms with Crippen LogP contribution in [0.5, 0.6) is 0 Å². The Kier molecular flexibility index (Phi) is 4.06. The van der Waals surface area contributed by atoms with E-state index in [1.54, 1.807) is 23.2 Å². The van der Waals surface area contributed by atoms with Crippen LogP contribution in [0.2, 0.25) is 0 Å². The molecule has 1 aliphatic heterocycles. The molecule has 126 valence electrons. The van der Waals surface area contributed by atoms with Gasteiger partial charge < -0.3 is 4.90 Å². The van der Waals surface area contributed by atoms with Crippen LogP contribution in [0.1, 0.15) is 36.0 Å². The van der Waals surface area contributed by atoms with Crippen LogP contribution in [-0.2, 0) is 0 Å². The number of nitrogens with zero attached hydrogens (tertiary/aromatic N) is 4. The van der Waals surface area contributed by atoms with Crippen molar-refractivity contribution in [1.82, 2.24) is 19.2 Å². The van der Waals surface area contributed by atoms with Gasteiger partial charge >= 0.3 is 0 Å². The predicted molar refractivity (Wildman–Crippen MR) is 91.2 cm³/mol. The summed E-state index contributed by atoms with van der Waals surface area (Å²) in [5.74, 6) is -0.197. The lowest BCUT2D eigenvalue weighted by molar-refractivity contribution is 0.0571. The summed E-state index contributed by atoms with van der Waals surface area (Å²) in [6.07, 6.45) is 8.28. The van der Waals surface area contributed by atoms with Crippen LogP contribution in [0.25, 0.3) is 5.65 Å². The number of hydrogen-bond donors (Lipinski definition) is 0. The Hall–Kier alpha value is -2.21. The molecule has 1 saturated heterocycles. The highest BCUT2D eigenvalue weighted by Crippen LogP contribution is 2.24. The minimum Gasteiger partial charge on any atom is -0.336 e. The first kappa shape index (κ1) is 15.3. The van der Waals surface area contributed by atoms with Gasteiger partial charge in [-0.05, 0) is 25.0 Å². The van der Waals surface area contributed by atoms with Crippen molar-refractivity contribution < 1.29 is 4.79 Å². The maximum Gasteiger partial charge on any atom is 0.270 e. The molecule has 2 aromatic rings. The third-order valence-corrected chi connectivity index (χ3v) is 5.29. The molecule has 1 amide bonds. The molecule has 0 spiro atoms. The van der Waals surface area contributed by atoms with Crippen molar-refractivity contribution in [1.29, 1.82) is 0 Å². The Morgan fingerprint density at radius 2 is 1.83 bits per heavy atom. The van der Waals surface area contributed by atoms with Crippen LogP contribution in [0.3, 0.4) is 0 Å². The van der Waals surface area contributed by atoms with E-state index in [0.717, 1.165) is 13.1 Å². The van der Waals surface area contributed by atoms with Crippen molar-refractivity contribution in [3.05, 3.63) is 46.5 Å². The van der Waals surface area contributed by atoms with Crippen molar-refractivity contribution in [3.8, 4) is 0 Å². The quantitative estimate of drug-likeness (QED) is 0.837. The maximum absolute atomic E-state index is 12.7. The number of aromatic nitrogens is 2. The van der Waals surface area contributed by atoms with E-state index in [2.05, 4.69) is 9.88 Å². The molecular formula is C18H22N4O2. The third-order valence-electron chi connectivity index (χ3n) is 5.29. The number of rotatable bonds is 2. The summed E-state index contributed by atoms with van der Waals surface area (Å²) < 4.78 is 1.43. The summed E-state index contributed by atoms with van der Waals surface area (Å²) in [7, 11) is 0. The molecule has 0 aromatic carbocycles. The predicted octanol–water partition coefficient (Wildman–Crippen LogP) is 1.39. The SMILES string of the molecule is O=C(c1cnc2ccccn2c1=O)N1CCN(C2CCCC2)CC1. The van der Waals surface area contributed by atoms with E-state index in [-0.39, 0.29) is 17.0 Å². The minimum absolute atomic E-state index is 0.160. The van der Waals surface area contributed by atoms with Gasteiger partial charge in [0, 0.05) is 44.6 Å². The molecule has 6 heteroatoms. The zero-order valence-corrected chi connectivity index (χ0v) is 13.7. The van der Waals surface area contributed by atoms with Crippen molar-refractivity contribution in [2.45, 2.75) is 31.7 Å². The number of pyridine rings is 1. The molecule has 0 bridgehead atoms. The molecule has 0 unspecified atom stereocenters. The van der Waals surface area contributed by atoms with Gasteiger partial charge in [0.2, 0.25) is 0 Å². The standard InChI is InChI=1S/C18H22N4O2/c23-17(15-13-19-16-7-3-4-8-22(16)18(15)24)21-11-9-20(10-12-21)14-5-1-2-6-14/h3-4,7-8,13-14H,1-2,5-6,9-12H2. The second-order valence-electron chi connectivity index (χ2n) is 6.67. The van der Waals surface area contributed by atoms with E-state index < -0.39 is 0 Å². The molecule has 2 fully saturated rings. The second kappa shape index (κ2) is 6.36. The van der Waals surface area contributed by atoms with Gasteiger partial charge in [-0.2, -0.15) is 0 Å². The van der Waals surface area contributed by atoms with E-state index in [1.165, 1.54) is 36.3 Å². The highest BCUT2D eigenvalue weighted by molar-refractivity contribution is 5.93. The summed E-state index contributed by atoms with van der Waals surface area (Å²) in [6, 6.07) is 6.04. The normalized spacial score (nSPS) is 19.9. The van der Waals surface area contributed by atoms with Crippen molar-refractivity contribution in [2.75, 3.05) is 26.2 Å². The highest BCUT2D eigenvalue weighted by atomic mass is 16.2. The van der Waals surface area contributed by atoms with Gasteiger partial charge in [0.05, 0.1) is 0 Å². The lowest BCUT2D eigenvalue weighted by atomic mass is 10.1. The number of carbonyl (C=O) groups is 1. The fourth-order valence-electron chi connectivity index (χ4n) is 3.90. The number of piperazine rings is 1. The van der Waals surface area contributed by atoms with Crippen molar-refractivity contribution in [2.24, 2.45) is 0 Å². The summed E-state index contributed by atoms with van der Waals surface area (Å²) in [5.41, 5.74) is 0.432. The average molecular weight is 326 g/mol. The topological polar surface area (TPSA) is 57.9 Å². The average Bonchev–Trinajstić information content (AvgIpc) is 3.17. The lowest BCUT2D eigenvalue weighted by Crippen LogP contribution is -2.52. The van der Waals surface area contributed by atoms with E-state index in [1.807, 2.05) is 6.07 Å². The Bertz CT molecular complexity index is 802. The van der Waals surface area contributed by atoms with Crippen LogP contribution in [0, 0.1) is 0 Å². The van der Waals surface area contributed by atoms with Gasteiger partial charge in [-0.1, -0.05) is 18.9 Å². The number of hydrogen-bond acceptors (Lipinski definition) is 4. The van der Waals surface area contributed by atoms with Gasteiger partial charge in [-0.15, -0.1) is 0 Å². The first-order chi connectivity index (χ1) is 11.7. The first-order valence-corrected chi connectivity index (χ1v) is 8.74. The van der Waals surface area contributed by atoms with Gasteiger partial charge in [-0.25, -0.2) is 4.98 Å². The smallest absolute Gasteiger partial charge is 0.270 e. The Labute approximate surface area is 140 Å². The number of amides is 1. The third kappa shape index (κ3) is 2.71. The summed E-state index contributed by atoms with van der Waals surface area (Å²) >= 11 is 0. The Morgan fingerprint density at radius 3 is 2.58 bits per heavy atom. The minimum atomic E-state index is -0.288. The Balaban J connectivity index is 1.50. The Morgan fingerprint density at radius 1 is 1.08 bits per heavy atom. The van der Waals surface area contributed by atoms with E-state index >= 15 is 0 Å². The largest absolute Gasteiger partial charge is 0.336 e. The van der Waals surface area contributed by atoms with Crippen LogP contribution >= 0.6 is 0 Å². The summed E-state index contributed by atoms with van der Waals surface area (Å²) in [4.78, 5) is 33.8.